The fourth-order valence-corrected chi connectivity index (χ4v) is 2.61. The van der Waals surface area contributed by atoms with Crippen molar-refractivity contribution < 1.29 is 13.2 Å². The molecule has 5 nitrogen and oxygen atoms in total. The van der Waals surface area contributed by atoms with Crippen LogP contribution in [0.3, 0.4) is 0 Å². The minimum atomic E-state index is -3.55. The van der Waals surface area contributed by atoms with Gasteiger partial charge in [-0.3, -0.25) is 0 Å². The maximum Gasteiger partial charge on any atom is 0.246 e. The average Bonchev–Trinajstić information content (AvgIpc) is 2.41. The predicted octanol–water partition coefficient (Wildman–Crippen LogP) is 2.31. The van der Waals surface area contributed by atoms with E-state index in [-0.39, 0.29) is 10.6 Å². The Hall–Kier alpha value is -2.05. The van der Waals surface area contributed by atoms with Crippen LogP contribution in [0.25, 0.3) is 0 Å². The predicted molar refractivity (Wildman–Crippen MR) is 78.2 cm³/mol. The van der Waals surface area contributed by atoms with Crippen molar-refractivity contribution in [2.45, 2.75) is 4.90 Å². The molecule has 0 saturated heterocycles. The van der Waals surface area contributed by atoms with Crippen molar-refractivity contribution in [3.05, 3.63) is 48.5 Å². The number of rotatable bonds is 4. The van der Waals surface area contributed by atoms with Gasteiger partial charge < -0.3 is 10.5 Å². The summed E-state index contributed by atoms with van der Waals surface area (Å²) in [7, 11) is -0.589. The Labute approximate surface area is 118 Å². The number of nitrogens with two attached hydrogens (primary N) is 1. The molecule has 106 valence electrons. The maximum atomic E-state index is 12.2. The number of sulfonamides is 1. The van der Waals surface area contributed by atoms with E-state index < -0.39 is 10.0 Å². The third kappa shape index (κ3) is 2.92. The molecule has 0 unspecified atom stereocenters. The summed E-state index contributed by atoms with van der Waals surface area (Å²) in [6.07, 6.45) is 0. The topological polar surface area (TPSA) is 72.6 Å². The van der Waals surface area contributed by atoms with E-state index in [4.69, 9.17) is 10.5 Å². The van der Waals surface area contributed by atoms with Gasteiger partial charge in [-0.15, -0.1) is 0 Å². The number of hydrogen-bond donors (Lipinski definition) is 1. The van der Waals surface area contributed by atoms with E-state index >= 15 is 0 Å². The number of para-hydroxylation sites is 1. The molecule has 0 aliphatic rings. The fourth-order valence-electron chi connectivity index (χ4n) is 1.61. The van der Waals surface area contributed by atoms with Crippen molar-refractivity contribution in [1.82, 2.24) is 4.31 Å². The molecule has 0 aliphatic heterocycles. The highest BCUT2D eigenvalue weighted by Crippen LogP contribution is 2.30. The van der Waals surface area contributed by atoms with E-state index in [1.165, 1.54) is 20.2 Å². The molecule has 20 heavy (non-hydrogen) atoms. The summed E-state index contributed by atoms with van der Waals surface area (Å²) >= 11 is 0. The second-order valence-corrected chi connectivity index (χ2v) is 6.53. The highest BCUT2D eigenvalue weighted by atomic mass is 32.2. The molecule has 2 aromatic rings. The first-order chi connectivity index (χ1) is 9.41. The maximum absolute atomic E-state index is 12.2. The summed E-state index contributed by atoms with van der Waals surface area (Å²) in [5.74, 6) is 0.812. The van der Waals surface area contributed by atoms with Crippen LogP contribution in [0.1, 0.15) is 0 Å². The summed E-state index contributed by atoms with van der Waals surface area (Å²) in [6, 6.07) is 13.3. The third-order valence-electron chi connectivity index (χ3n) is 2.72. The van der Waals surface area contributed by atoms with Crippen molar-refractivity contribution in [2.75, 3.05) is 19.8 Å². The number of hydrogen-bond acceptors (Lipinski definition) is 4. The van der Waals surface area contributed by atoms with E-state index in [1.807, 2.05) is 0 Å². The zero-order valence-electron chi connectivity index (χ0n) is 11.3. The van der Waals surface area contributed by atoms with Crippen LogP contribution in [0.5, 0.6) is 11.5 Å². The van der Waals surface area contributed by atoms with Gasteiger partial charge in [0.05, 0.1) is 0 Å². The minimum absolute atomic E-state index is 0.127. The van der Waals surface area contributed by atoms with E-state index in [9.17, 15) is 8.42 Å². The second kappa shape index (κ2) is 5.52. The number of nitrogen functional groups attached to an aromatic ring is 1. The van der Waals surface area contributed by atoms with Crippen molar-refractivity contribution >= 4 is 15.7 Å². The lowest BCUT2D eigenvalue weighted by molar-refractivity contribution is 0.460. The van der Waals surface area contributed by atoms with Crippen molar-refractivity contribution in [3.63, 3.8) is 0 Å². The number of ether oxygens (including phenoxy) is 1. The van der Waals surface area contributed by atoms with E-state index in [0.717, 1.165) is 4.31 Å². The molecule has 2 N–H and O–H groups in total. The molecule has 0 spiro atoms. The Bertz CT molecular complexity index is 695. The van der Waals surface area contributed by atoms with Gasteiger partial charge in [-0.2, -0.15) is 0 Å². The molecular formula is C14H16N2O3S. The van der Waals surface area contributed by atoms with E-state index in [0.29, 0.717) is 11.4 Å². The molecule has 0 bridgehead atoms. The third-order valence-corrected chi connectivity index (χ3v) is 4.57. The van der Waals surface area contributed by atoms with Gasteiger partial charge in [0.2, 0.25) is 10.0 Å². The molecule has 0 radical (unpaired) electrons. The first kappa shape index (κ1) is 14.4. The van der Waals surface area contributed by atoms with Gasteiger partial charge in [-0.1, -0.05) is 12.1 Å². The van der Waals surface area contributed by atoms with Gasteiger partial charge in [0.1, 0.15) is 16.4 Å². The first-order valence-corrected chi connectivity index (χ1v) is 7.40. The van der Waals surface area contributed by atoms with Crippen molar-refractivity contribution in [2.24, 2.45) is 0 Å². The Kier molecular flexibility index (Phi) is 3.96. The molecule has 0 aromatic heterocycles. The largest absolute Gasteiger partial charge is 0.456 e. The van der Waals surface area contributed by atoms with Crippen LogP contribution < -0.4 is 10.5 Å². The van der Waals surface area contributed by atoms with Gasteiger partial charge in [0.25, 0.3) is 0 Å². The zero-order valence-corrected chi connectivity index (χ0v) is 12.1. The highest BCUT2D eigenvalue weighted by molar-refractivity contribution is 7.89. The summed E-state index contributed by atoms with van der Waals surface area (Å²) < 4.78 is 31.2. The van der Waals surface area contributed by atoms with Crippen LogP contribution in [0, 0.1) is 0 Å². The lowest BCUT2D eigenvalue weighted by Gasteiger charge is -2.15. The Balaban J connectivity index is 2.41. The van der Waals surface area contributed by atoms with Gasteiger partial charge in [0.15, 0.2) is 0 Å². The first-order valence-electron chi connectivity index (χ1n) is 5.96. The Morgan fingerprint density at radius 2 is 1.60 bits per heavy atom. The number of nitrogens with zero attached hydrogens (tertiary/aromatic N) is 1. The van der Waals surface area contributed by atoms with Gasteiger partial charge in [0, 0.05) is 19.8 Å². The second-order valence-electron chi connectivity index (χ2n) is 4.41. The Morgan fingerprint density at radius 1 is 1.00 bits per heavy atom. The summed E-state index contributed by atoms with van der Waals surface area (Å²) in [6.45, 7) is 0. The van der Waals surface area contributed by atoms with Crippen molar-refractivity contribution in [1.29, 1.82) is 0 Å². The van der Waals surface area contributed by atoms with Gasteiger partial charge >= 0.3 is 0 Å². The van der Waals surface area contributed by atoms with E-state index in [2.05, 4.69) is 0 Å². The molecule has 0 amide bonds. The molecule has 0 aliphatic carbocycles. The van der Waals surface area contributed by atoms with Crippen LogP contribution in [-0.4, -0.2) is 26.8 Å². The van der Waals surface area contributed by atoms with Crippen LogP contribution >= 0.6 is 0 Å². The number of anilines is 1. The van der Waals surface area contributed by atoms with Crippen LogP contribution in [-0.2, 0) is 10.0 Å². The Morgan fingerprint density at radius 3 is 2.20 bits per heavy atom. The highest BCUT2D eigenvalue weighted by Gasteiger charge is 2.22. The SMILES string of the molecule is CN(C)S(=O)(=O)c1ccccc1Oc1ccc(N)cc1. The van der Waals surface area contributed by atoms with Crippen LogP contribution in [0.2, 0.25) is 0 Å². The smallest absolute Gasteiger partial charge is 0.246 e. The molecule has 2 rings (SSSR count). The molecule has 6 heteroatoms. The quantitative estimate of drug-likeness (QED) is 0.878. The van der Waals surface area contributed by atoms with Gasteiger partial charge in [-0.05, 0) is 36.4 Å². The summed E-state index contributed by atoms with van der Waals surface area (Å²) in [5.41, 5.74) is 6.22. The zero-order chi connectivity index (χ0) is 14.8. The van der Waals surface area contributed by atoms with Crippen LogP contribution in [0.15, 0.2) is 53.4 Å². The van der Waals surface area contributed by atoms with Crippen LogP contribution in [0.4, 0.5) is 5.69 Å². The van der Waals surface area contributed by atoms with E-state index in [1.54, 1.807) is 42.5 Å². The monoisotopic (exact) mass is 292 g/mol. The fraction of sp³-hybridized carbons (Fsp3) is 0.143. The summed E-state index contributed by atoms with van der Waals surface area (Å²) in [4.78, 5) is 0.127. The molecule has 0 heterocycles. The average molecular weight is 292 g/mol. The lowest BCUT2D eigenvalue weighted by Crippen LogP contribution is -2.22. The minimum Gasteiger partial charge on any atom is -0.456 e. The summed E-state index contributed by atoms with van der Waals surface area (Å²) in [5, 5.41) is 0. The number of benzene rings is 2. The molecule has 2 aromatic carbocycles. The normalized spacial score (nSPS) is 11.6. The lowest BCUT2D eigenvalue weighted by atomic mass is 10.3. The molecule has 0 fully saturated rings. The molecular weight excluding hydrogens is 276 g/mol. The molecule has 0 atom stereocenters. The van der Waals surface area contributed by atoms with Crippen molar-refractivity contribution in [3.8, 4) is 11.5 Å². The standard InChI is InChI=1S/C14H16N2O3S/c1-16(2)20(17,18)14-6-4-3-5-13(14)19-12-9-7-11(15)8-10-12/h3-10H,15H2,1-2H3. The van der Waals surface area contributed by atoms with Gasteiger partial charge in [-0.25, -0.2) is 12.7 Å². The molecule has 0 saturated carbocycles.